The zero-order chi connectivity index (χ0) is 11.0. The SMILES string of the molecule is CCO.COc1ccccc1C(=O)O. The molecule has 4 heteroatoms. The lowest BCUT2D eigenvalue weighted by Crippen LogP contribution is -1.99. The molecule has 0 bridgehead atoms. The minimum Gasteiger partial charge on any atom is -0.496 e. The van der Waals surface area contributed by atoms with E-state index in [1.165, 1.54) is 13.2 Å². The van der Waals surface area contributed by atoms with Crippen LogP contribution in [-0.2, 0) is 0 Å². The number of carbonyl (C=O) groups is 1. The third-order valence-corrected chi connectivity index (χ3v) is 1.34. The first-order valence-electron chi connectivity index (χ1n) is 4.14. The number of methoxy groups -OCH3 is 1. The second-order valence-corrected chi connectivity index (χ2v) is 2.32. The molecule has 0 aromatic heterocycles. The number of rotatable bonds is 2. The number of hydrogen-bond acceptors (Lipinski definition) is 3. The molecule has 1 aromatic rings. The maximum atomic E-state index is 10.5. The molecule has 1 rings (SSSR count). The van der Waals surface area contributed by atoms with Crippen LogP contribution in [0.15, 0.2) is 24.3 Å². The Labute approximate surface area is 82.8 Å². The number of carboxylic acids is 1. The largest absolute Gasteiger partial charge is 0.496 e. The average molecular weight is 198 g/mol. The zero-order valence-electron chi connectivity index (χ0n) is 8.23. The van der Waals surface area contributed by atoms with Crippen LogP contribution in [0.2, 0.25) is 0 Å². The fourth-order valence-corrected chi connectivity index (χ4v) is 0.821. The van der Waals surface area contributed by atoms with Gasteiger partial charge in [0.15, 0.2) is 0 Å². The molecule has 2 N–H and O–H groups in total. The van der Waals surface area contributed by atoms with Gasteiger partial charge in [0.2, 0.25) is 0 Å². The molecule has 0 unspecified atom stereocenters. The molecule has 14 heavy (non-hydrogen) atoms. The predicted octanol–water partition coefficient (Wildman–Crippen LogP) is 1.39. The van der Waals surface area contributed by atoms with Crippen LogP contribution >= 0.6 is 0 Å². The van der Waals surface area contributed by atoms with Gasteiger partial charge < -0.3 is 14.9 Å². The molecular formula is C10H14O4. The fourth-order valence-electron chi connectivity index (χ4n) is 0.821. The van der Waals surface area contributed by atoms with Crippen molar-refractivity contribution in [1.29, 1.82) is 0 Å². The standard InChI is InChI=1S/C8H8O3.C2H6O/c1-11-7-5-3-2-4-6(7)8(9)10;1-2-3/h2-5H,1H3,(H,9,10);3H,2H2,1H3. The minimum absolute atomic E-state index is 0.190. The van der Waals surface area contributed by atoms with E-state index in [9.17, 15) is 4.79 Å². The van der Waals surface area contributed by atoms with Gasteiger partial charge in [-0.3, -0.25) is 0 Å². The lowest BCUT2D eigenvalue weighted by atomic mass is 10.2. The van der Waals surface area contributed by atoms with Crippen molar-refractivity contribution in [3.63, 3.8) is 0 Å². The van der Waals surface area contributed by atoms with Crippen LogP contribution in [0.5, 0.6) is 5.75 Å². The third kappa shape index (κ3) is 3.91. The second-order valence-electron chi connectivity index (χ2n) is 2.32. The summed E-state index contributed by atoms with van der Waals surface area (Å²) in [7, 11) is 1.45. The maximum absolute atomic E-state index is 10.5. The van der Waals surface area contributed by atoms with E-state index in [1.54, 1.807) is 25.1 Å². The molecule has 0 aliphatic heterocycles. The number of aliphatic hydroxyl groups excluding tert-OH is 1. The molecule has 0 aliphatic rings. The number of carboxylic acid groups (broad SMARTS) is 1. The molecule has 78 valence electrons. The minimum atomic E-state index is -0.970. The van der Waals surface area contributed by atoms with Crippen LogP contribution in [-0.4, -0.2) is 29.9 Å². The normalized spacial score (nSPS) is 8.50. The van der Waals surface area contributed by atoms with Gasteiger partial charge in [-0.1, -0.05) is 12.1 Å². The van der Waals surface area contributed by atoms with Gasteiger partial charge in [-0.15, -0.1) is 0 Å². The van der Waals surface area contributed by atoms with Crippen molar-refractivity contribution in [3.05, 3.63) is 29.8 Å². The molecular weight excluding hydrogens is 184 g/mol. The first kappa shape index (κ1) is 12.4. The maximum Gasteiger partial charge on any atom is 0.339 e. The zero-order valence-corrected chi connectivity index (χ0v) is 8.23. The van der Waals surface area contributed by atoms with Gasteiger partial charge in [0.1, 0.15) is 11.3 Å². The topological polar surface area (TPSA) is 66.8 Å². The van der Waals surface area contributed by atoms with Crippen LogP contribution in [0.1, 0.15) is 17.3 Å². The first-order chi connectivity index (χ1) is 6.67. The molecule has 0 aliphatic carbocycles. The van der Waals surface area contributed by atoms with Crippen LogP contribution < -0.4 is 4.74 Å². The van der Waals surface area contributed by atoms with Gasteiger partial charge in [-0.05, 0) is 19.1 Å². The van der Waals surface area contributed by atoms with E-state index in [-0.39, 0.29) is 12.2 Å². The molecule has 0 radical (unpaired) electrons. The molecule has 0 saturated heterocycles. The van der Waals surface area contributed by atoms with Gasteiger partial charge in [0.05, 0.1) is 7.11 Å². The van der Waals surface area contributed by atoms with E-state index in [2.05, 4.69) is 0 Å². The van der Waals surface area contributed by atoms with Crippen molar-refractivity contribution < 1.29 is 19.7 Å². The highest BCUT2D eigenvalue weighted by atomic mass is 16.5. The van der Waals surface area contributed by atoms with E-state index in [0.29, 0.717) is 5.75 Å². The highest BCUT2D eigenvalue weighted by Gasteiger charge is 2.07. The second kappa shape index (κ2) is 6.91. The highest BCUT2D eigenvalue weighted by Crippen LogP contribution is 2.16. The Bertz CT molecular complexity index is 283. The molecule has 0 amide bonds. The van der Waals surface area contributed by atoms with E-state index in [1.807, 2.05) is 0 Å². The summed E-state index contributed by atoms with van der Waals surface area (Å²) >= 11 is 0. The summed E-state index contributed by atoms with van der Waals surface area (Å²) in [5, 5.41) is 16.2. The van der Waals surface area contributed by atoms with Crippen molar-refractivity contribution in [2.24, 2.45) is 0 Å². The van der Waals surface area contributed by atoms with Crippen molar-refractivity contribution in [2.75, 3.05) is 13.7 Å². The highest BCUT2D eigenvalue weighted by molar-refractivity contribution is 5.90. The lowest BCUT2D eigenvalue weighted by molar-refractivity contribution is 0.0693. The molecule has 0 fully saturated rings. The van der Waals surface area contributed by atoms with Crippen molar-refractivity contribution in [2.45, 2.75) is 6.92 Å². The molecule has 4 nitrogen and oxygen atoms in total. The van der Waals surface area contributed by atoms with Crippen molar-refractivity contribution in [3.8, 4) is 5.75 Å². The summed E-state index contributed by atoms with van der Waals surface area (Å²) in [5.41, 5.74) is 0.190. The van der Waals surface area contributed by atoms with Crippen LogP contribution in [0, 0.1) is 0 Å². The van der Waals surface area contributed by atoms with Gasteiger partial charge in [-0.2, -0.15) is 0 Å². The van der Waals surface area contributed by atoms with Crippen LogP contribution in [0.4, 0.5) is 0 Å². The van der Waals surface area contributed by atoms with Crippen molar-refractivity contribution >= 4 is 5.97 Å². The number of benzene rings is 1. The number of ether oxygens (including phenoxy) is 1. The molecule has 0 heterocycles. The monoisotopic (exact) mass is 198 g/mol. The number of para-hydroxylation sites is 1. The molecule has 0 spiro atoms. The summed E-state index contributed by atoms with van der Waals surface area (Å²) < 4.78 is 4.83. The van der Waals surface area contributed by atoms with Gasteiger partial charge >= 0.3 is 5.97 Å². The van der Waals surface area contributed by atoms with Crippen LogP contribution in [0.3, 0.4) is 0 Å². The Hall–Kier alpha value is -1.55. The Kier molecular flexibility index (Phi) is 6.15. The van der Waals surface area contributed by atoms with Crippen molar-refractivity contribution in [1.82, 2.24) is 0 Å². The Morgan fingerprint density at radius 3 is 2.29 bits per heavy atom. The molecule has 0 saturated carbocycles. The quantitative estimate of drug-likeness (QED) is 0.753. The summed E-state index contributed by atoms with van der Waals surface area (Å²) in [5.74, 6) is -0.581. The number of aliphatic hydroxyl groups is 1. The smallest absolute Gasteiger partial charge is 0.339 e. The average Bonchev–Trinajstić information content (AvgIpc) is 2.19. The predicted molar refractivity (Wildman–Crippen MR) is 52.7 cm³/mol. The van der Waals surface area contributed by atoms with E-state index < -0.39 is 5.97 Å². The Morgan fingerprint density at radius 1 is 1.43 bits per heavy atom. The van der Waals surface area contributed by atoms with E-state index in [4.69, 9.17) is 14.9 Å². The Balaban J connectivity index is 0.000000500. The number of aromatic carboxylic acids is 1. The summed E-state index contributed by atoms with van der Waals surface area (Å²) in [6.07, 6.45) is 0. The fraction of sp³-hybridized carbons (Fsp3) is 0.300. The van der Waals surface area contributed by atoms with Crippen LogP contribution in [0.25, 0.3) is 0 Å². The first-order valence-corrected chi connectivity index (χ1v) is 4.14. The summed E-state index contributed by atoms with van der Waals surface area (Å²) in [6.45, 7) is 1.93. The van der Waals surface area contributed by atoms with Gasteiger partial charge in [0.25, 0.3) is 0 Å². The lowest BCUT2D eigenvalue weighted by Gasteiger charge is -2.01. The molecule has 0 atom stereocenters. The van der Waals surface area contributed by atoms with Gasteiger partial charge in [0, 0.05) is 6.61 Å². The third-order valence-electron chi connectivity index (χ3n) is 1.34. The van der Waals surface area contributed by atoms with E-state index in [0.717, 1.165) is 0 Å². The Morgan fingerprint density at radius 2 is 1.93 bits per heavy atom. The molecule has 1 aromatic carbocycles. The summed E-state index contributed by atoms with van der Waals surface area (Å²) in [6, 6.07) is 6.50. The summed E-state index contributed by atoms with van der Waals surface area (Å²) in [4.78, 5) is 10.5. The van der Waals surface area contributed by atoms with Gasteiger partial charge in [-0.25, -0.2) is 4.79 Å². The van der Waals surface area contributed by atoms with E-state index >= 15 is 0 Å². The number of hydrogen-bond donors (Lipinski definition) is 2.